The van der Waals surface area contributed by atoms with Gasteiger partial charge in [0.2, 0.25) is 17.7 Å². The standard InChI is InChI=1S/C27H39N3O5/c1-4-5-13-28-25(33)23-27-12-11-20(35-27)21(24(32)29-15-18-9-7-6-8-10-18)22(27)26(34)30(23)19(16-31)14-17(2)3/h6-10,17,19-23,31H,4-5,11-16H2,1-3H3,(H,28,33)(H,29,32)/t19-,20+,21-,22+,23?,27?/m1/s1. The van der Waals surface area contributed by atoms with Crippen molar-refractivity contribution in [2.75, 3.05) is 13.2 Å². The summed E-state index contributed by atoms with van der Waals surface area (Å²) in [6, 6.07) is 8.30. The van der Waals surface area contributed by atoms with Crippen LogP contribution in [0.15, 0.2) is 30.3 Å². The lowest BCUT2D eigenvalue weighted by Crippen LogP contribution is -2.58. The average molecular weight is 486 g/mol. The SMILES string of the molecule is CCCCNC(=O)C1N([C@@H](CO)CC(C)C)C(=O)[C@@H]2[C@H](C(=O)NCc3ccccc3)[C@@H]3CCC12O3. The maximum absolute atomic E-state index is 14.0. The van der Waals surface area contributed by atoms with Gasteiger partial charge in [-0.3, -0.25) is 14.4 Å². The molecule has 4 rings (SSSR count). The van der Waals surface area contributed by atoms with E-state index >= 15 is 0 Å². The van der Waals surface area contributed by atoms with Crippen molar-refractivity contribution in [1.29, 1.82) is 0 Å². The Bertz CT molecular complexity index is 923. The molecule has 192 valence electrons. The van der Waals surface area contributed by atoms with Crippen LogP contribution in [0.2, 0.25) is 0 Å². The zero-order valence-electron chi connectivity index (χ0n) is 21.0. The second-order valence-corrected chi connectivity index (χ2v) is 10.6. The maximum atomic E-state index is 14.0. The number of hydrogen-bond acceptors (Lipinski definition) is 5. The Hall–Kier alpha value is -2.45. The Morgan fingerprint density at radius 3 is 2.60 bits per heavy atom. The Labute approximate surface area is 207 Å². The van der Waals surface area contributed by atoms with Gasteiger partial charge in [0.1, 0.15) is 11.6 Å². The fourth-order valence-electron chi connectivity index (χ4n) is 6.29. The highest BCUT2D eigenvalue weighted by atomic mass is 16.5. The first-order valence-corrected chi connectivity index (χ1v) is 13.0. The van der Waals surface area contributed by atoms with Gasteiger partial charge >= 0.3 is 0 Å². The van der Waals surface area contributed by atoms with E-state index in [-0.39, 0.29) is 36.4 Å². The van der Waals surface area contributed by atoms with Gasteiger partial charge < -0.3 is 25.4 Å². The van der Waals surface area contributed by atoms with Crippen molar-refractivity contribution in [3.05, 3.63) is 35.9 Å². The van der Waals surface area contributed by atoms with E-state index < -0.39 is 29.5 Å². The second-order valence-electron chi connectivity index (χ2n) is 10.6. The molecule has 35 heavy (non-hydrogen) atoms. The van der Waals surface area contributed by atoms with Crippen molar-refractivity contribution in [2.45, 2.75) is 83.2 Å². The maximum Gasteiger partial charge on any atom is 0.245 e. The van der Waals surface area contributed by atoms with Crippen LogP contribution in [0.4, 0.5) is 0 Å². The summed E-state index contributed by atoms with van der Waals surface area (Å²) in [6.45, 7) is 6.76. The molecule has 3 aliphatic rings. The first-order valence-electron chi connectivity index (χ1n) is 13.0. The number of rotatable bonds is 11. The first kappa shape index (κ1) is 25.6. The molecule has 2 unspecified atom stereocenters. The van der Waals surface area contributed by atoms with Gasteiger partial charge in [0.15, 0.2) is 0 Å². The van der Waals surface area contributed by atoms with Gasteiger partial charge in [-0.25, -0.2) is 0 Å². The molecule has 3 heterocycles. The number of hydrogen-bond donors (Lipinski definition) is 3. The third-order valence-electron chi connectivity index (χ3n) is 7.78. The van der Waals surface area contributed by atoms with Crippen LogP contribution < -0.4 is 10.6 Å². The Morgan fingerprint density at radius 2 is 1.94 bits per heavy atom. The van der Waals surface area contributed by atoms with E-state index in [1.807, 2.05) is 44.2 Å². The van der Waals surface area contributed by atoms with Gasteiger partial charge in [-0.2, -0.15) is 0 Å². The van der Waals surface area contributed by atoms with Crippen molar-refractivity contribution in [3.63, 3.8) is 0 Å². The molecule has 3 N–H and O–H groups in total. The molecular formula is C27H39N3O5. The molecule has 0 radical (unpaired) electrons. The minimum absolute atomic E-state index is 0.213. The van der Waals surface area contributed by atoms with Crippen LogP contribution in [0, 0.1) is 17.8 Å². The number of carbonyl (C=O) groups is 3. The number of aliphatic hydroxyl groups excluding tert-OH is 1. The number of unbranched alkanes of at least 4 members (excludes halogenated alkanes) is 1. The van der Waals surface area contributed by atoms with Crippen LogP contribution in [0.1, 0.15) is 58.4 Å². The van der Waals surface area contributed by atoms with E-state index in [0.717, 1.165) is 18.4 Å². The van der Waals surface area contributed by atoms with Gasteiger partial charge in [-0.15, -0.1) is 0 Å². The molecule has 6 atom stereocenters. The fourth-order valence-corrected chi connectivity index (χ4v) is 6.29. The van der Waals surface area contributed by atoms with E-state index in [1.165, 1.54) is 0 Å². The third kappa shape index (κ3) is 4.70. The molecule has 3 fully saturated rings. The van der Waals surface area contributed by atoms with Crippen LogP contribution in [0.3, 0.4) is 0 Å². The molecule has 3 aliphatic heterocycles. The molecule has 2 bridgehead atoms. The summed E-state index contributed by atoms with van der Waals surface area (Å²) in [5.41, 5.74) is -0.0542. The van der Waals surface area contributed by atoms with Crippen molar-refractivity contribution >= 4 is 17.7 Å². The number of aliphatic hydroxyl groups is 1. The number of nitrogens with zero attached hydrogens (tertiary/aromatic N) is 1. The summed E-state index contributed by atoms with van der Waals surface area (Å²) >= 11 is 0. The van der Waals surface area contributed by atoms with Crippen molar-refractivity contribution in [3.8, 4) is 0 Å². The molecule has 0 saturated carbocycles. The van der Waals surface area contributed by atoms with Crippen molar-refractivity contribution in [2.24, 2.45) is 17.8 Å². The number of benzene rings is 1. The van der Waals surface area contributed by atoms with Gasteiger partial charge in [0.25, 0.3) is 0 Å². The van der Waals surface area contributed by atoms with Crippen LogP contribution in [-0.2, 0) is 25.7 Å². The number of carbonyl (C=O) groups excluding carboxylic acids is 3. The Kier molecular flexibility index (Phi) is 7.81. The number of ether oxygens (including phenoxy) is 1. The van der Waals surface area contributed by atoms with Crippen LogP contribution in [0.5, 0.6) is 0 Å². The number of nitrogens with one attached hydrogen (secondary N) is 2. The van der Waals surface area contributed by atoms with Crippen LogP contribution in [-0.4, -0.2) is 64.7 Å². The molecule has 8 nitrogen and oxygen atoms in total. The fraction of sp³-hybridized carbons (Fsp3) is 0.667. The summed E-state index contributed by atoms with van der Waals surface area (Å²) in [6.07, 6.45) is 3.15. The predicted octanol–water partition coefficient (Wildman–Crippen LogP) is 2.00. The largest absolute Gasteiger partial charge is 0.394 e. The van der Waals surface area contributed by atoms with Crippen molar-refractivity contribution in [1.82, 2.24) is 15.5 Å². The Morgan fingerprint density at radius 1 is 1.20 bits per heavy atom. The molecule has 1 aromatic rings. The summed E-state index contributed by atoms with van der Waals surface area (Å²) < 4.78 is 6.44. The Balaban J connectivity index is 1.62. The topological polar surface area (TPSA) is 108 Å². The van der Waals surface area contributed by atoms with Gasteiger partial charge in [0, 0.05) is 13.1 Å². The lowest BCUT2D eigenvalue weighted by molar-refractivity contribution is -0.146. The summed E-state index contributed by atoms with van der Waals surface area (Å²) in [4.78, 5) is 42.4. The average Bonchev–Trinajstić information content (AvgIpc) is 3.49. The lowest BCUT2D eigenvalue weighted by atomic mass is 9.70. The van der Waals surface area contributed by atoms with E-state index in [2.05, 4.69) is 17.6 Å². The number of likely N-dealkylation sites (tertiary alicyclic amines) is 1. The van der Waals surface area contributed by atoms with Crippen molar-refractivity contribution < 1.29 is 24.2 Å². The molecule has 0 aromatic heterocycles. The zero-order chi connectivity index (χ0) is 25.2. The second kappa shape index (κ2) is 10.7. The molecule has 1 spiro atoms. The highest BCUT2D eigenvalue weighted by Crippen LogP contribution is 2.58. The molecule has 3 amide bonds. The van der Waals surface area contributed by atoms with Crippen LogP contribution in [0.25, 0.3) is 0 Å². The summed E-state index contributed by atoms with van der Waals surface area (Å²) in [7, 11) is 0. The highest BCUT2D eigenvalue weighted by Gasteiger charge is 2.75. The monoisotopic (exact) mass is 485 g/mol. The summed E-state index contributed by atoms with van der Waals surface area (Å²) in [5.74, 6) is -1.85. The molecule has 0 aliphatic carbocycles. The first-order chi connectivity index (χ1) is 16.8. The van der Waals surface area contributed by atoms with Gasteiger partial charge in [-0.05, 0) is 37.2 Å². The van der Waals surface area contributed by atoms with E-state index in [0.29, 0.717) is 32.4 Å². The predicted molar refractivity (Wildman–Crippen MR) is 131 cm³/mol. The molecule has 1 aromatic carbocycles. The smallest absolute Gasteiger partial charge is 0.245 e. The van der Waals surface area contributed by atoms with E-state index in [4.69, 9.17) is 4.74 Å². The molecular weight excluding hydrogens is 446 g/mol. The van der Waals surface area contributed by atoms with Gasteiger partial charge in [-0.1, -0.05) is 57.5 Å². The number of amides is 3. The summed E-state index contributed by atoms with van der Waals surface area (Å²) in [5, 5.41) is 16.2. The third-order valence-corrected chi connectivity index (χ3v) is 7.78. The van der Waals surface area contributed by atoms with E-state index in [9.17, 15) is 19.5 Å². The number of fused-ring (bicyclic) bond motifs is 1. The van der Waals surface area contributed by atoms with E-state index in [1.54, 1.807) is 4.90 Å². The normalized spacial score (nSPS) is 30.0. The quantitative estimate of drug-likeness (QED) is 0.416. The van der Waals surface area contributed by atoms with Gasteiger partial charge in [0.05, 0.1) is 30.6 Å². The van der Waals surface area contributed by atoms with Crippen LogP contribution >= 0.6 is 0 Å². The zero-order valence-corrected chi connectivity index (χ0v) is 21.0. The minimum atomic E-state index is -1.03. The highest BCUT2D eigenvalue weighted by molar-refractivity contribution is 5.99. The molecule has 8 heteroatoms. The minimum Gasteiger partial charge on any atom is -0.394 e. The molecule has 3 saturated heterocycles. The lowest BCUT2D eigenvalue weighted by Gasteiger charge is -2.37.